The third-order valence-electron chi connectivity index (χ3n) is 4.51. The van der Waals surface area contributed by atoms with Gasteiger partial charge >= 0.3 is 0 Å². The van der Waals surface area contributed by atoms with E-state index in [0.29, 0.717) is 6.04 Å². The third-order valence-corrected chi connectivity index (χ3v) is 4.74. The summed E-state index contributed by atoms with van der Waals surface area (Å²) >= 11 is 6.19. The van der Waals surface area contributed by atoms with Crippen LogP contribution in [0, 0.1) is 17.8 Å². The molecular weight excluding hydrogens is 266 g/mol. The van der Waals surface area contributed by atoms with Gasteiger partial charge in [-0.3, -0.25) is 0 Å². The smallest absolute Gasteiger partial charge is 0.0409 e. The van der Waals surface area contributed by atoms with Crippen molar-refractivity contribution >= 4 is 11.6 Å². The van der Waals surface area contributed by atoms with Gasteiger partial charge in [-0.25, -0.2) is 0 Å². The molecule has 0 heterocycles. The molecule has 1 saturated carbocycles. The predicted molar refractivity (Wildman–Crippen MR) is 88.2 cm³/mol. The molecule has 112 valence electrons. The number of halogens is 1. The minimum absolute atomic E-state index is 0.457. The van der Waals surface area contributed by atoms with Crippen LogP contribution >= 0.6 is 11.6 Å². The Balaban J connectivity index is 2.18. The van der Waals surface area contributed by atoms with E-state index < -0.39 is 0 Å². The van der Waals surface area contributed by atoms with Crippen LogP contribution in [0.4, 0.5) is 0 Å². The summed E-state index contributed by atoms with van der Waals surface area (Å²) in [7, 11) is 0. The van der Waals surface area contributed by atoms with E-state index in [1.54, 1.807) is 0 Å². The van der Waals surface area contributed by atoms with E-state index in [4.69, 9.17) is 11.6 Å². The molecule has 2 heteroatoms. The Morgan fingerprint density at radius 1 is 1.20 bits per heavy atom. The van der Waals surface area contributed by atoms with Crippen molar-refractivity contribution in [2.24, 2.45) is 17.8 Å². The van der Waals surface area contributed by atoms with E-state index in [0.717, 1.165) is 29.3 Å². The average Bonchev–Trinajstić information content (AvgIpc) is 2.38. The van der Waals surface area contributed by atoms with Crippen molar-refractivity contribution in [3.8, 4) is 0 Å². The monoisotopic (exact) mass is 293 g/mol. The molecule has 20 heavy (non-hydrogen) atoms. The van der Waals surface area contributed by atoms with Crippen molar-refractivity contribution in [1.82, 2.24) is 5.32 Å². The van der Waals surface area contributed by atoms with Gasteiger partial charge in [0.1, 0.15) is 0 Å². The van der Waals surface area contributed by atoms with Crippen LogP contribution in [0.3, 0.4) is 0 Å². The first kappa shape index (κ1) is 15.9. The van der Waals surface area contributed by atoms with Crippen LogP contribution in [0.5, 0.6) is 0 Å². The summed E-state index contributed by atoms with van der Waals surface area (Å²) < 4.78 is 0. The highest BCUT2D eigenvalue weighted by molar-refractivity contribution is 6.30. The highest BCUT2D eigenvalue weighted by Gasteiger charge is 2.30. The molecule has 1 aromatic carbocycles. The zero-order valence-corrected chi connectivity index (χ0v) is 13.8. The Kier molecular flexibility index (Phi) is 5.92. The maximum absolute atomic E-state index is 6.19. The fraction of sp³-hybridized carbons (Fsp3) is 0.667. The van der Waals surface area contributed by atoms with Crippen LogP contribution < -0.4 is 5.32 Å². The molecule has 0 spiro atoms. The van der Waals surface area contributed by atoms with Gasteiger partial charge in [0.2, 0.25) is 0 Å². The lowest BCUT2D eigenvalue weighted by Gasteiger charge is -2.37. The van der Waals surface area contributed by atoms with Crippen LogP contribution in [0.25, 0.3) is 0 Å². The first-order valence-electron chi connectivity index (χ1n) is 8.09. The van der Waals surface area contributed by atoms with Gasteiger partial charge in [0.05, 0.1) is 0 Å². The van der Waals surface area contributed by atoms with Gasteiger partial charge < -0.3 is 5.32 Å². The Morgan fingerprint density at radius 3 is 2.50 bits per heavy atom. The van der Waals surface area contributed by atoms with Crippen LogP contribution in [0.1, 0.15) is 58.1 Å². The number of benzene rings is 1. The Bertz CT molecular complexity index is 408. The first-order chi connectivity index (χ1) is 9.60. The summed E-state index contributed by atoms with van der Waals surface area (Å²) in [6, 6.07) is 8.86. The predicted octanol–water partition coefficient (Wildman–Crippen LogP) is 5.45. The third kappa shape index (κ3) is 4.23. The largest absolute Gasteiger partial charge is 0.310 e. The Morgan fingerprint density at radius 2 is 1.90 bits per heavy atom. The molecule has 0 radical (unpaired) electrons. The van der Waals surface area contributed by atoms with Gasteiger partial charge in [0.15, 0.2) is 0 Å². The topological polar surface area (TPSA) is 12.0 Å². The Labute approximate surface area is 129 Å². The minimum Gasteiger partial charge on any atom is -0.310 e. The summed E-state index contributed by atoms with van der Waals surface area (Å²) in [4.78, 5) is 0. The van der Waals surface area contributed by atoms with Crippen LogP contribution in [0.2, 0.25) is 5.02 Å². The van der Waals surface area contributed by atoms with Crippen molar-refractivity contribution in [1.29, 1.82) is 0 Å². The van der Waals surface area contributed by atoms with Gasteiger partial charge in [-0.2, -0.15) is 0 Å². The molecule has 1 N–H and O–H groups in total. The SMILES string of the molecule is CCCNC(c1cccc(Cl)c1)C1CC(C)CC(C)C1. The molecule has 3 atom stereocenters. The normalized spacial score (nSPS) is 28.3. The second-order valence-corrected chi connectivity index (χ2v) is 7.10. The minimum atomic E-state index is 0.457. The first-order valence-corrected chi connectivity index (χ1v) is 8.46. The summed E-state index contributed by atoms with van der Waals surface area (Å²) in [5.41, 5.74) is 1.36. The average molecular weight is 294 g/mol. The zero-order valence-electron chi connectivity index (χ0n) is 13.0. The summed E-state index contributed by atoms with van der Waals surface area (Å²) in [5, 5.41) is 4.61. The Hall–Kier alpha value is -0.530. The van der Waals surface area contributed by atoms with Crippen molar-refractivity contribution in [3.05, 3.63) is 34.9 Å². The molecule has 0 saturated heterocycles. The molecule has 0 bridgehead atoms. The molecule has 1 aromatic rings. The van der Waals surface area contributed by atoms with E-state index in [9.17, 15) is 0 Å². The van der Waals surface area contributed by atoms with Crippen LogP contribution in [0.15, 0.2) is 24.3 Å². The molecule has 0 amide bonds. The molecule has 2 rings (SSSR count). The van der Waals surface area contributed by atoms with Gasteiger partial charge in [0, 0.05) is 11.1 Å². The molecule has 1 aliphatic rings. The van der Waals surface area contributed by atoms with E-state index in [1.807, 2.05) is 6.07 Å². The van der Waals surface area contributed by atoms with E-state index in [2.05, 4.69) is 44.3 Å². The van der Waals surface area contributed by atoms with Gasteiger partial charge in [-0.15, -0.1) is 0 Å². The lowest BCUT2D eigenvalue weighted by atomic mass is 9.72. The van der Waals surface area contributed by atoms with E-state index >= 15 is 0 Å². The van der Waals surface area contributed by atoms with Crippen LogP contribution in [-0.4, -0.2) is 6.54 Å². The van der Waals surface area contributed by atoms with E-state index in [1.165, 1.54) is 31.2 Å². The second-order valence-electron chi connectivity index (χ2n) is 6.66. The van der Waals surface area contributed by atoms with Gasteiger partial charge in [-0.05, 0) is 67.7 Å². The highest BCUT2D eigenvalue weighted by Crippen LogP contribution is 2.40. The number of rotatable bonds is 5. The van der Waals surface area contributed by atoms with Crippen molar-refractivity contribution in [2.75, 3.05) is 6.54 Å². The maximum atomic E-state index is 6.19. The second kappa shape index (κ2) is 7.47. The highest BCUT2D eigenvalue weighted by atomic mass is 35.5. The lowest BCUT2D eigenvalue weighted by molar-refractivity contribution is 0.176. The van der Waals surface area contributed by atoms with Crippen molar-refractivity contribution in [2.45, 2.75) is 52.5 Å². The lowest BCUT2D eigenvalue weighted by Crippen LogP contribution is -2.33. The van der Waals surface area contributed by atoms with Crippen molar-refractivity contribution < 1.29 is 0 Å². The quantitative estimate of drug-likeness (QED) is 0.761. The molecule has 0 aromatic heterocycles. The molecule has 1 fully saturated rings. The fourth-order valence-corrected chi connectivity index (χ4v) is 4.04. The number of hydrogen-bond acceptors (Lipinski definition) is 1. The molecular formula is C18H28ClN. The molecule has 1 aliphatic carbocycles. The van der Waals surface area contributed by atoms with Gasteiger partial charge in [-0.1, -0.05) is 44.5 Å². The number of hydrogen-bond donors (Lipinski definition) is 1. The molecule has 1 nitrogen and oxygen atoms in total. The van der Waals surface area contributed by atoms with Crippen molar-refractivity contribution in [3.63, 3.8) is 0 Å². The van der Waals surface area contributed by atoms with Gasteiger partial charge in [0.25, 0.3) is 0 Å². The zero-order chi connectivity index (χ0) is 14.5. The fourth-order valence-electron chi connectivity index (χ4n) is 3.84. The summed E-state index contributed by atoms with van der Waals surface area (Å²) in [5.74, 6) is 2.42. The number of nitrogens with one attached hydrogen (secondary N) is 1. The maximum Gasteiger partial charge on any atom is 0.0409 e. The molecule has 3 unspecified atom stereocenters. The standard InChI is InChI=1S/C18H28ClN/c1-4-8-20-18(15-6-5-7-17(19)12-15)16-10-13(2)9-14(3)11-16/h5-7,12-14,16,18,20H,4,8-11H2,1-3H3. The van der Waals surface area contributed by atoms with E-state index in [-0.39, 0.29) is 0 Å². The summed E-state index contributed by atoms with van der Waals surface area (Å²) in [6.45, 7) is 8.11. The molecule has 0 aliphatic heterocycles. The van der Waals surface area contributed by atoms with Crippen LogP contribution in [-0.2, 0) is 0 Å². The summed E-state index contributed by atoms with van der Waals surface area (Å²) in [6.07, 6.45) is 5.22.